The van der Waals surface area contributed by atoms with E-state index in [0.717, 1.165) is 5.52 Å². The predicted molar refractivity (Wildman–Crippen MR) is 73.7 cm³/mol. The molecule has 0 aliphatic carbocycles. The molecule has 1 aromatic heterocycles. The summed E-state index contributed by atoms with van der Waals surface area (Å²) < 4.78 is 0. The summed E-state index contributed by atoms with van der Waals surface area (Å²) >= 11 is 0. The van der Waals surface area contributed by atoms with Crippen LogP contribution in [0.15, 0.2) is 42.6 Å². The number of fused-ring (bicyclic) bond motifs is 6. The molecule has 0 fully saturated rings. The van der Waals surface area contributed by atoms with E-state index in [4.69, 9.17) is 0 Å². The van der Waals surface area contributed by atoms with Crippen LogP contribution in [0.5, 0.6) is 0 Å². The Kier molecular flexibility index (Phi) is 1.83. The zero-order valence-corrected chi connectivity index (χ0v) is 9.64. The highest BCUT2D eigenvalue weighted by atomic mass is 15.3. The van der Waals surface area contributed by atoms with Gasteiger partial charge in [-0.15, -0.1) is 0 Å². The van der Waals surface area contributed by atoms with E-state index in [2.05, 4.69) is 46.2 Å². The van der Waals surface area contributed by atoms with Gasteiger partial charge in [-0.3, -0.25) is 4.98 Å². The van der Waals surface area contributed by atoms with Crippen LogP contribution in [0.2, 0.25) is 0 Å². The van der Waals surface area contributed by atoms with Crippen LogP contribution in [-0.4, -0.2) is 4.98 Å². The lowest BCUT2D eigenvalue weighted by Gasteiger charge is -2.11. The Morgan fingerprint density at radius 2 is 1.39 bits per heavy atom. The lowest BCUT2D eigenvalue weighted by atomic mass is 10.0. The van der Waals surface area contributed by atoms with Crippen molar-refractivity contribution < 1.29 is 0 Å². The molecule has 0 amide bonds. The van der Waals surface area contributed by atoms with E-state index in [9.17, 15) is 0 Å². The zero-order chi connectivity index (χ0) is 11.9. The number of hydrogen-bond acceptors (Lipinski definition) is 3. The average Bonchev–Trinajstić information content (AvgIpc) is 2.48. The molecule has 2 heterocycles. The molecule has 0 spiro atoms. The number of nitrogens with one attached hydrogen (secondary N) is 2. The van der Waals surface area contributed by atoms with Gasteiger partial charge in [-0.05, 0) is 11.5 Å². The molecular weight excluding hydrogens is 222 g/mol. The summed E-state index contributed by atoms with van der Waals surface area (Å²) in [6.45, 7) is 0. The van der Waals surface area contributed by atoms with E-state index in [1.165, 1.54) is 26.6 Å². The van der Waals surface area contributed by atoms with Gasteiger partial charge in [-0.25, -0.2) is 0 Å². The number of hydrogen-bond donors (Lipinski definition) is 2. The first kappa shape index (κ1) is 9.48. The zero-order valence-electron chi connectivity index (χ0n) is 9.64. The molecule has 18 heavy (non-hydrogen) atoms. The van der Waals surface area contributed by atoms with Crippen LogP contribution in [0.25, 0.3) is 34.1 Å². The molecule has 0 unspecified atom stereocenters. The van der Waals surface area contributed by atoms with Gasteiger partial charge in [-0.1, -0.05) is 30.3 Å². The Balaban J connectivity index is 2.46. The summed E-state index contributed by atoms with van der Waals surface area (Å²) in [4.78, 5) is 4.54. The minimum Gasteiger partial charge on any atom is -0.308 e. The lowest BCUT2D eigenvalue weighted by molar-refractivity contribution is 0.846. The molecule has 0 atom stereocenters. The largest absolute Gasteiger partial charge is 0.308 e. The highest BCUT2D eigenvalue weighted by molar-refractivity contribution is 6.05. The predicted octanol–water partition coefficient (Wildman–Crippen LogP) is 0.972. The Hall–Kier alpha value is -2.55. The Labute approximate surface area is 103 Å². The maximum absolute atomic E-state index is 4.54. The van der Waals surface area contributed by atoms with E-state index < -0.39 is 0 Å². The van der Waals surface area contributed by atoms with E-state index in [0.29, 0.717) is 0 Å². The number of pyridine rings is 1. The van der Waals surface area contributed by atoms with Crippen molar-refractivity contribution in [3.8, 4) is 0 Å². The molecule has 3 heteroatoms. The van der Waals surface area contributed by atoms with Gasteiger partial charge >= 0.3 is 0 Å². The SMILES string of the molecule is C1=c2c(c3cccnc3c3ccccc23)=CNN1. The minimum absolute atomic E-state index is 1.06. The van der Waals surface area contributed by atoms with Crippen molar-refractivity contribution in [1.82, 2.24) is 15.8 Å². The van der Waals surface area contributed by atoms with E-state index >= 15 is 0 Å². The quantitative estimate of drug-likeness (QED) is 0.568. The Morgan fingerprint density at radius 1 is 0.722 bits per heavy atom. The van der Waals surface area contributed by atoms with Crippen LogP contribution in [0.4, 0.5) is 0 Å². The first-order valence-corrected chi connectivity index (χ1v) is 5.92. The number of rotatable bonds is 0. The lowest BCUT2D eigenvalue weighted by Crippen LogP contribution is -2.39. The number of hydrazine groups is 1. The first-order valence-electron chi connectivity index (χ1n) is 5.92. The molecular formula is C15H11N3. The van der Waals surface area contributed by atoms with Crippen LogP contribution in [0.1, 0.15) is 0 Å². The highest BCUT2D eigenvalue weighted by Crippen LogP contribution is 2.17. The smallest absolute Gasteiger partial charge is 0.0787 e. The molecule has 86 valence electrons. The van der Waals surface area contributed by atoms with Crippen molar-refractivity contribution in [2.24, 2.45) is 0 Å². The summed E-state index contributed by atoms with van der Waals surface area (Å²) in [5.74, 6) is 0. The summed E-state index contributed by atoms with van der Waals surface area (Å²) in [6, 6.07) is 12.5. The molecule has 3 nitrogen and oxygen atoms in total. The topological polar surface area (TPSA) is 37.0 Å². The molecule has 1 aliphatic rings. The maximum Gasteiger partial charge on any atom is 0.0787 e. The molecule has 2 aromatic carbocycles. The van der Waals surface area contributed by atoms with Gasteiger partial charge in [0, 0.05) is 39.8 Å². The fourth-order valence-corrected chi connectivity index (χ4v) is 2.59. The molecule has 0 saturated heterocycles. The minimum atomic E-state index is 1.06. The van der Waals surface area contributed by atoms with E-state index in [-0.39, 0.29) is 0 Å². The van der Waals surface area contributed by atoms with Crippen LogP contribution >= 0.6 is 0 Å². The van der Waals surface area contributed by atoms with Crippen molar-refractivity contribution >= 4 is 34.1 Å². The maximum atomic E-state index is 4.54. The summed E-state index contributed by atoms with van der Waals surface area (Å²) in [6.07, 6.45) is 5.84. The van der Waals surface area contributed by atoms with Gasteiger partial charge < -0.3 is 10.9 Å². The van der Waals surface area contributed by atoms with Gasteiger partial charge in [0.1, 0.15) is 0 Å². The molecule has 3 aromatic rings. The van der Waals surface area contributed by atoms with Crippen molar-refractivity contribution in [2.45, 2.75) is 0 Å². The second kappa shape index (κ2) is 3.47. The van der Waals surface area contributed by atoms with Gasteiger partial charge in [0.2, 0.25) is 0 Å². The van der Waals surface area contributed by atoms with Crippen molar-refractivity contribution in [3.63, 3.8) is 0 Å². The summed E-state index contributed by atoms with van der Waals surface area (Å²) in [7, 11) is 0. The fourth-order valence-electron chi connectivity index (χ4n) is 2.59. The molecule has 0 bridgehead atoms. The second-order valence-electron chi connectivity index (χ2n) is 4.35. The Morgan fingerprint density at radius 3 is 2.22 bits per heavy atom. The van der Waals surface area contributed by atoms with Crippen molar-refractivity contribution in [3.05, 3.63) is 53.0 Å². The van der Waals surface area contributed by atoms with Crippen molar-refractivity contribution in [1.29, 1.82) is 0 Å². The van der Waals surface area contributed by atoms with Gasteiger partial charge in [0.15, 0.2) is 0 Å². The van der Waals surface area contributed by atoms with Crippen LogP contribution in [0, 0.1) is 0 Å². The van der Waals surface area contributed by atoms with Gasteiger partial charge in [0.05, 0.1) is 5.52 Å². The number of benzene rings is 2. The second-order valence-corrected chi connectivity index (χ2v) is 4.35. The average molecular weight is 233 g/mol. The number of nitrogens with zero attached hydrogens (tertiary/aromatic N) is 1. The molecule has 1 aliphatic heterocycles. The van der Waals surface area contributed by atoms with Gasteiger partial charge in [0.25, 0.3) is 0 Å². The molecule has 2 N–H and O–H groups in total. The third kappa shape index (κ3) is 1.16. The third-order valence-electron chi connectivity index (χ3n) is 3.38. The summed E-state index contributed by atoms with van der Waals surface area (Å²) in [5.41, 5.74) is 7.14. The van der Waals surface area contributed by atoms with Crippen LogP contribution < -0.4 is 21.3 Å². The van der Waals surface area contributed by atoms with E-state index in [1.54, 1.807) is 0 Å². The van der Waals surface area contributed by atoms with Crippen LogP contribution in [0.3, 0.4) is 0 Å². The van der Waals surface area contributed by atoms with Crippen LogP contribution in [-0.2, 0) is 0 Å². The monoisotopic (exact) mass is 233 g/mol. The van der Waals surface area contributed by atoms with E-state index in [1.807, 2.05) is 24.7 Å². The Bertz CT molecular complexity index is 807. The first-order chi connectivity index (χ1) is 8.95. The standard InChI is InChI=1S/C15H11N3/c1-2-5-11-10(4-1)13-8-17-18-9-14(13)12-6-3-7-16-15(11)12/h1-9,17-18H. The van der Waals surface area contributed by atoms with Gasteiger partial charge in [-0.2, -0.15) is 0 Å². The summed E-state index contributed by atoms with van der Waals surface area (Å²) in [5, 5.41) is 6.00. The van der Waals surface area contributed by atoms with Crippen molar-refractivity contribution in [2.75, 3.05) is 0 Å². The normalized spacial score (nSPS) is 13.1. The third-order valence-corrected chi connectivity index (χ3v) is 3.38. The number of aromatic nitrogens is 1. The molecule has 0 saturated carbocycles. The molecule has 4 rings (SSSR count). The molecule has 0 radical (unpaired) electrons. The highest BCUT2D eigenvalue weighted by Gasteiger charge is 2.07. The fraction of sp³-hybridized carbons (Fsp3) is 0.